The second-order valence-corrected chi connectivity index (χ2v) is 6.12. The molecule has 1 aromatic heterocycles. The molecule has 0 aliphatic carbocycles. The minimum absolute atomic E-state index is 0.0781. The smallest absolute Gasteiger partial charge is 0.243 e. The van der Waals surface area contributed by atoms with E-state index in [1.165, 1.54) is 37.1 Å². The lowest BCUT2D eigenvalue weighted by atomic mass is 10.1. The average molecular weight is 328 g/mol. The van der Waals surface area contributed by atoms with Gasteiger partial charge in [0.05, 0.1) is 0 Å². The minimum atomic E-state index is -0.0781. The molecular formula is C17H24N6O. The van der Waals surface area contributed by atoms with Gasteiger partial charge in [0, 0.05) is 12.1 Å². The maximum atomic E-state index is 12.0. The van der Waals surface area contributed by atoms with Crippen LogP contribution in [0.1, 0.15) is 25.7 Å². The number of likely N-dealkylation sites (tertiary alicyclic amines) is 1. The number of hydrogen-bond acceptors (Lipinski definition) is 5. The fourth-order valence-corrected chi connectivity index (χ4v) is 2.91. The predicted octanol–water partition coefficient (Wildman–Crippen LogP) is 1.33. The number of piperidine rings is 1. The van der Waals surface area contributed by atoms with Gasteiger partial charge in [-0.25, -0.2) is 0 Å². The standard InChI is InChI=1S/C17H24N6O/c24-16(18-10-7-13-22-11-5-2-6-12-22)14-23-20-17(19-21-23)15-8-3-1-4-9-15/h1,3-4,8-9H,2,5-7,10-14H2,(H,18,24). The molecule has 0 bridgehead atoms. The van der Waals surface area contributed by atoms with Gasteiger partial charge in [0.15, 0.2) is 0 Å². The Balaban J connectivity index is 1.38. The number of nitrogens with one attached hydrogen (secondary N) is 1. The molecule has 1 saturated heterocycles. The highest BCUT2D eigenvalue weighted by atomic mass is 16.2. The Labute approximate surface area is 142 Å². The first-order valence-corrected chi connectivity index (χ1v) is 8.63. The van der Waals surface area contributed by atoms with Crippen LogP contribution in [0.25, 0.3) is 11.4 Å². The van der Waals surface area contributed by atoms with Gasteiger partial charge in [0.1, 0.15) is 6.54 Å². The van der Waals surface area contributed by atoms with Gasteiger partial charge in [-0.15, -0.1) is 10.2 Å². The summed E-state index contributed by atoms with van der Waals surface area (Å²) in [4.78, 5) is 15.8. The molecule has 0 unspecified atom stereocenters. The minimum Gasteiger partial charge on any atom is -0.354 e. The van der Waals surface area contributed by atoms with Crippen molar-refractivity contribution in [1.82, 2.24) is 30.4 Å². The lowest BCUT2D eigenvalue weighted by Crippen LogP contribution is -2.34. The third-order valence-corrected chi connectivity index (χ3v) is 4.19. The van der Waals surface area contributed by atoms with Crippen LogP contribution in [0.4, 0.5) is 0 Å². The zero-order valence-corrected chi connectivity index (χ0v) is 13.9. The molecule has 0 saturated carbocycles. The van der Waals surface area contributed by atoms with Crippen LogP contribution >= 0.6 is 0 Å². The van der Waals surface area contributed by atoms with E-state index in [2.05, 4.69) is 25.6 Å². The molecule has 0 radical (unpaired) electrons. The number of aromatic nitrogens is 4. The van der Waals surface area contributed by atoms with E-state index in [1.807, 2.05) is 30.3 Å². The third-order valence-electron chi connectivity index (χ3n) is 4.19. The lowest BCUT2D eigenvalue weighted by molar-refractivity contribution is -0.122. The molecule has 1 N–H and O–H groups in total. The molecule has 1 aromatic carbocycles. The fourth-order valence-electron chi connectivity index (χ4n) is 2.91. The third kappa shape index (κ3) is 4.86. The quantitative estimate of drug-likeness (QED) is 0.776. The van der Waals surface area contributed by atoms with Crippen LogP contribution < -0.4 is 5.32 Å². The number of amides is 1. The molecule has 1 aliphatic heterocycles. The van der Waals surface area contributed by atoms with Crippen LogP contribution in [0.3, 0.4) is 0 Å². The Bertz CT molecular complexity index is 636. The normalized spacial score (nSPS) is 15.3. The summed E-state index contributed by atoms with van der Waals surface area (Å²) < 4.78 is 0. The Hall–Kier alpha value is -2.28. The van der Waals surface area contributed by atoms with E-state index >= 15 is 0 Å². The number of carbonyl (C=O) groups is 1. The van der Waals surface area contributed by atoms with Crippen LogP contribution in [0.5, 0.6) is 0 Å². The highest BCUT2D eigenvalue weighted by Gasteiger charge is 2.11. The van der Waals surface area contributed by atoms with Crippen molar-refractivity contribution < 1.29 is 4.79 Å². The monoisotopic (exact) mass is 328 g/mol. The maximum Gasteiger partial charge on any atom is 0.243 e. The van der Waals surface area contributed by atoms with Crippen molar-refractivity contribution in [2.45, 2.75) is 32.2 Å². The van der Waals surface area contributed by atoms with Crippen molar-refractivity contribution in [3.63, 3.8) is 0 Å². The molecule has 0 atom stereocenters. The Morgan fingerprint density at radius 2 is 1.92 bits per heavy atom. The number of nitrogens with zero attached hydrogens (tertiary/aromatic N) is 5. The summed E-state index contributed by atoms with van der Waals surface area (Å²) in [7, 11) is 0. The van der Waals surface area contributed by atoms with E-state index in [1.54, 1.807) is 0 Å². The van der Waals surface area contributed by atoms with Crippen LogP contribution in [-0.4, -0.2) is 57.2 Å². The second kappa shape index (κ2) is 8.54. The molecule has 0 spiro atoms. The predicted molar refractivity (Wildman–Crippen MR) is 91.2 cm³/mol. The molecule has 24 heavy (non-hydrogen) atoms. The van der Waals surface area contributed by atoms with Gasteiger partial charge >= 0.3 is 0 Å². The Morgan fingerprint density at radius 3 is 2.71 bits per heavy atom. The molecule has 2 heterocycles. The van der Waals surface area contributed by atoms with Gasteiger partial charge in [-0.1, -0.05) is 36.8 Å². The van der Waals surface area contributed by atoms with Gasteiger partial charge < -0.3 is 10.2 Å². The van der Waals surface area contributed by atoms with E-state index in [9.17, 15) is 4.79 Å². The van der Waals surface area contributed by atoms with Crippen molar-refractivity contribution in [2.75, 3.05) is 26.2 Å². The number of benzene rings is 1. The van der Waals surface area contributed by atoms with E-state index in [-0.39, 0.29) is 12.5 Å². The SMILES string of the molecule is O=C(Cn1nnc(-c2ccccc2)n1)NCCCN1CCCCC1. The van der Waals surface area contributed by atoms with E-state index < -0.39 is 0 Å². The molecule has 7 heteroatoms. The number of hydrogen-bond donors (Lipinski definition) is 1. The molecular weight excluding hydrogens is 304 g/mol. The molecule has 1 aliphatic rings. The summed E-state index contributed by atoms with van der Waals surface area (Å²) in [6.45, 7) is 4.23. The first-order valence-electron chi connectivity index (χ1n) is 8.63. The summed E-state index contributed by atoms with van der Waals surface area (Å²) in [5.74, 6) is 0.458. The zero-order chi connectivity index (χ0) is 16.6. The highest BCUT2D eigenvalue weighted by Crippen LogP contribution is 2.11. The lowest BCUT2D eigenvalue weighted by Gasteiger charge is -2.26. The first-order chi connectivity index (χ1) is 11.8. The second-order valence-electron chi connectivity index (χ2n) is 6.12. The molecule has 7 nitrogen and oxygen atoms in total. The van der Waals surface area contributed by atoms with Crippen molar-refractivity contribution >= 4 is 5.91 Å². The molecule has 128 valence electrons. The maximum absolute atomic E-state index is 12.0. The van der Waals surface area contributed by atoms with Crippen LogP contribution in [0.2, 0.25) is 0 Å². The largest absolute Gasteiger partial charge is 0.354 e. The van der Waals surface area contributed by atoms with Crippen LogP contribution in [0.15, 0.2) is 30.3 Å². The van der Waals surface area contributed by atoms with Gasteiger partial charge in [-0.3, -0.25) is 4.79 Å². The van der Waals surface area contributed by atoms with E-state index in [0.29, 0.717) is 12.4 Å². The summed E-state index contributed by atoms with van der Waals surface area (Å²) in [6.07, 6.45) is 4.93. The molecule has 3 rings (SSSR count). The first kappa shape index (κ1) is 16.6. The highest BCUT2D eigenvalue weighted by molar-refractivity contribution is 5.75. The zero-order valence-electron chi connectivity index (χ0n) is 13.9. The topological polar surface area (TPSA) is 75.9 Å². The van der Waals surface area contributed by atoms with Crippen molar-refractivity contribution in [1.29, 1.82) is 0 Å². The van der Waals surface area contributed by atoms with Gasteiger partial charge in [-0.05, 0) is 44.1 Å². The van der Waals surface area contributed by atoms with E-state index in [0.717, 1.165) is 18.5 Å². The van der Waals surface area contributed by atoms with E-state index in [4.69, 9.17) is 0 Å². The van der Waals surface area contributed by atoms with Crippen molar-refractivity contribution in [3.8, 4) is 11.4 Å². The Kier molecular flexibility index (Phi) is 5.90. The number of tetrazole rings is 1. The molecule has 1 fully saturated rings. The fraction of sp³-hybridized carbons (Fsp3) is 0.529. The summed E-state index contributed by atoms with van der Waals surface area (Å²) >= 11 is 0. The molecule has 2 aromatic rings. The number of carbonyl (C=O) groups excluding carboxylic acids is 1. The number of rotatable bonds is 7. The Morgan fingerprint density at radius 1 is 1.12 bits per heavy atom. The van der Waals surface area contributed by atoms with Gasteiger partial charge in [0.25, 0.3) is 0 Å². The van der Waals surface area contributed by atoms with Crippen LogP contribution in [0, 0.1) is 0 Å². The molecule has 1 amide bonds. The summed E-state index contributed by atoms with van der Waals surface area (Å²) in [5, 5.41) is 15.1. The average Bonchev–Trinajstić information content (AvgIpc) is 3.09. The summed E-state index contributed by atoms with van der Waals surface area (Å²) in [5.41, 5.74) is 0.894. The van der Waals surface area contributed by atoms with Gasteiger partial charge in [-0.2, -0.15) is 4.80 Å². The van der Waals surface area contributed by atoms with Crippen molar-refractivity contribution in [2.24, 2.45) is 0 Å². The van der Waals surface area contributed by atoms with Crippen molar-refractivity contribution in [3.05, 3.63) is 30.3 Å². The summed E-state index contributed by atoms with van der Waals surface area (Å²) in [6, 6.07) is 9.62. The van der Waals surface area contributed by atoms with Gasteiger partial charge in [0.2, 0.25) is 11.7 Å². The van der Waals surface area contributed by atoms with Crippen LogP contribution in [-0.2, 0) is 11.3 Å².